The fraction of sp³-hybridized carbons (Fsp3) is 0.545. The number of nitrogens with zero attached hydrogens (tertiary/aromatic N) is 1. The van der Waals surface area contributed by atoms with Crippen molar-refractivity contribution >= 4 is 11.8 Å². The van der Waals surface area contributed by atoms with Crippen LogP contribution in [0.4, 0.5) is 0 Å². The van der Waals surface area contributed by atoms with Crippen molar-refractivity contribution in [2.75, 3.05) is 13.1 Å². The molecular formula is C22H30N2O2. The predicted octanol–water partition coefficient (Wildman–Crippen LogP) is 3.77. The molecule has 1 saturated heterocycles. The molecule has 1 aliphatic carbocycles. The van der Waals surface area contributed by atoms with E-state index < -0.39 is 0 Å². The largest absolute Gasteiger partial charge is 0.352 e. The molecule has 0 spiro atoms. The molecule has 1 aliphatic heterocycles. The van der Waals surface area contributed by atoms with Gasteiger partial charge in [0.15, 0.2) is 0 Å². The summed E-state index contributed by atoms with van der Waals surface area (Å²) in [6.45, 7) is 6.74. The highest BCUT2D eigenvalue weighted by Crippen LogP contribution is 2.37. The predicted molar refractivity (Wildman–Crippen MR) is 104 cm³/mol. The second-order valence-corrected chi connectivity index (χ2v) is 7.71. The van der Waals surface area contributed by atoms with E-state index in [0.717, 1.165) is 38.5 Å². The first kappa shape index (κ1) is 18.7. The van der Waals surface area contributed by atoms with Crippen LogP contribution in [0.25, 0.3) is 0 Å². The van der Waals surface area contributed by atoms with Crippen molar-refractivity contribution in [1.82, 2.24) is 10.2 Å². The Hall–Kier alpha value is -2.10. The zero-order valence-corrected chi connectivity index (χ0v) is 15.7. The molecule has 0 unspecified atom stereocenters. The molecule has 1 N–H and O–H groups in total. The molecule has 2 aliphatic rings. The number of hydrogen-bond donors (Lipinski definition) is 1. The van der Waals surface area contributed by atoms with Crippen LogP contribution in [-0.4, -0.2) is 29.8 Å². The first-order chi connectivity index (χ1) is 12.6. The third-order valence-corrected chi connectivity index (χ3v) is 5.79. The summed E-state index contributed by atoms with van der Waals surface area (Å²) in [6.07, 6.45) is 7.61. The van der Waals surface area contributed by atoms with Gasteiger partial charge in [0.05, 0.1) is 12.0 Å². The van der Waals surface area contributed by atoms with E-state index >= 15 is 0 Å². The number of nitrogens with one attached hydrogen (secondary N) is 1. The number of amides is 2. The van der Waals surface area contributed by atoms with E-state index in [1.165, 1.54) is 11.1 Å². The van der Waals surface area contributed by atoms with Gasteiger partial charge in [0.25, 0.3) is 0 Å². The minimum atomic E-state index is -0.124. The molecule has 2 fully saturated rings. The molecule has 140 valence electrons. The maximum Gasteiger partial charge on any atom is 0.226 e. The van der Waals surface area contributed by atoms with Gasteiger partial charge in [-0.15, -0.1) is 6.58 Å². The standard InChI is InChI=1S/C22H30N2O2/c1-3-13-23-21(25)19-11-12-20(18-10-6-7-16(2)14-18)24(15-19)22(26)17-8-4-5-9-17/h3,6-7,10,14,17,19-20H,1,4-5,8-9,11-13,15H2,2H3,(H,23,25)/t19-,20+/m0/s1. The van der Waals surface area contributed by atoms with Gasteiger partial charge in [0.2, 0.25) is 11.8 Å². The lowest BCUT2D eigenvalue weighted by Crippen LogP contribution is -2.48. The first-order valence-corrected chi connectivity index (χ1v) is 9.85. The summed E-state index contributed by atoms with van der Waals surface area (Å²) in [7, 11) is 0. The molecular weight excluding hydrogens is 324 g/mol. The van der Waals surface area contributed by atoms with E-state index in [0.29, 0.717) is 13.1 Å². The van der Waals surface area contributed by atoms with Crippen molar-refractivity contribution in [1.29, 1.82) is 0 Å². The van der Waals surface area contributed by atoms with Crippen molar-refractivity contribution in [3.05, 3.63) is 48.0 Å². The second-order valence-electron chi connectivity index (χ2n) is 7.71. The second kappa shape index (κ2) is 8.52. The molecule has 2 amide bonds. The Morgan fingerprint density at radius 2 is 1.96 bits per heavy atom. The molecule has 26 heavy (non-hydrogen) atoms. The fourth-order valence-electron chi connectivity index (χ4n) is 4.38. The van der Waals surface area contributed by atoms with Crippen molar-refractivity contribution in [2.45, 2.75) is 51.5 Å². The molecule has 3 rings (SSSR count). The maximum atomic E-state index is 13.2. The number of likely N-dealkylation sites (tertiary alicyclic amines) is 1. The summed E-state index contributed by atoms with van der Waals surface area (Å²) < 4.78 is 0. The molecule has 4 nitrogen and oxygen atoms in total. The normalized spacial score (nSPS) is 23.7. The Kier molecular flexibility index (Phi) is 6.12. The van der Waals surface area contributed by atoms with E-state index in [1.54, 1.807) is 6.08 Å². The highest BCUT2D eigenvalue weighted by Gasteiger charge is 2.38. The maximum absolute atomic E-state index is 13.2. The van der Waals surface area contributed by atoms with Crippen molar-refractivity contribution in [3.63, 3.8) is 0 Å². The van der Waals surface area contributed by atoms with Crippen LogP contribution in [0.15, 0.2) is 36.9 Å². The van der Waals surface area contributed by atoms with Gasteiger partial charge in [-0.05, 0) is 38.2 Å². The summed E-state index contributed by atoms with van der Waals surface area (Å²) in [5, 5.41) is 2.90. The van der Waals surface area contributed by atoms with Crippen LogP contribution in [-0.2, 0) is 9.59 Å². The quantitative estimate of drug-likeness (QED) is 0.819. The third-order valence-electron chi connectivity index (χ3n) is 5.79. The Labute approximate surface area is 156 Å². The molecule has 4 heteroatoms. The van der Waals surface area contributed by atoms with Gasteiger partial charge in [0, 0.05) is 19.0 Å². The third kappa shape index (κ3) is 4.17. The van der Waals surface area contributed by atoms with Crippen LogP contribution in [0, 0.1) is 18.8 Å². The Balaban J connectivity index is 1.80. The topological polar surface area (TPSA) is 49.4 Å². The first-order valence-electron chi connectivity index (χ1n) is 9.85. The smallest absolute Gasteiger partial charge is 0.226 e. The fourth-order valence-corrected chi connectivity index (χ4v) is 4.38. The van der Waals surface area contributed by atoms with E-state index in [9.17, 15) is 9.59 Å². The molecule has 2 atom stereocenters. The summed E-state index contributed by atoms with van der Waals surface area (Å²) in [6, 6.07) is 8.53. The van der Waals surface area contributed by atoms with Crippen LogP contribution in [0.3, 0.4) is 0 Å². The molecule has 0 aromatic heterocycles. The molecule has 1 aromatic rings. The summed E-state index contributed by atoms with van der Waals surface area (Å²) in [4.78, 5) is 27.7. The Bertz CT molecular complexity index is 664. The zero-order chi connectivity index (χ0) is 18.5. The average molecular weight is 354 g/mol. The molecule has 0 bridgehead atoms. The van der Waals surface area contributed by atoms with Crippen LogP contribution in [0.1, 0.15) is 55.7 Å². The van der Waals surface area contributed by atoms with Crippen LogP contribution in [0.2, 0.25) is 0 Å². The van der Waals surface area contributed by atoms with Gasteiger partial charge in [-0.3, -0.25) is 9.59 Å². The summed E-state index contributed by atoms with van der Waals surface area (Å²) in [5.74, 6) is 0.297. The molecule has 0 radical (unpaired) electrons. The van der Waals surface area contributed by atoms with Gasteiger partial charge in [-0.1, -0.05) is 48.7 Å². The van der Waals surface area contributed by atoms with Crippen LogP contribution >= 0.6 is 0 Å². The Morgan fingerprint density at radius 3 is 2.65 bits per heavy atom. The van der Waals surface area contributed by atoms with Gasteiger partial charge in [-0.25, -0.2) is 0 Å². The number of carbonyl (C=O) groups excluding carboxylic acids is 2. The Morgan fingerprint density at radius 1 is 1.19 bits per heavy atom. The van der Waals surface area contributed by atoms with E-state index in [4.69, 9.17) is 0 Å². The minimum absolute atomic E-state index is 0.0387. The van der Waals surface area contributed by atoms with Crippen molar-refractivity contribution in [3.8, 4) is 0 Å². The molecule has 1 heterocycles. The lowest BCUT2D eigenvalue weighted by molar-refractivity contribution is -0.142. The molecule has 1 saturated carbocycles. The minimum Gasteiger partial charge on any atom is -0.352 e. The van der Waals surface area contributed by atoms with Gasteiger partial charge < -0.3 is 10.2 Å². The molecule has 1 aromatic carbocycles. The van der Waals surface area contributed by atoms with Crippen LogP contribution in [0.5, 0.6) is 0 Å². The number of benzene rings is 1. The number of hydrogen-bond acceptors (Lipinski definition) is 2. The van der Waals surface area contributed by atoms with Crippen LogP contribution < -0.4 is 5.32 Å². The van der Waals surface area contributed by atoms with Crippen molar-refractivity contribution < 1.29 is 9.59 Å². The van der Waals surface area contributed by atoms with Gasteiger partial charge >= 0.3 is 0 Å². The van der Waals surface area contributed by atoms with Gasteiger partial charge in [-0.2, -0.15) is 0 Å². The highest BCUT2D eigenvalue weighted by atomic mass is 16.2. The number of piperidine rings is 1. The lowest BCUT2D eigenvalue weighted by Gasteiger charge is -2.41. The summed E-state index contributed by atoms with van der Waals surface area (Å²) in [5.41, 5.74) is 2.41. The van der Waals surface area contributed by atoms with E-state index in [2.05, 4.69) is 43.1 Å². The van der Waals surface area contributed by atoms with Gasteiger partial charge in [0.1, 0.15) is 0 Å². The monoisotopic (exact) mass is 354 g/mol. The number of rotatable bonds is 5. The average Bonchev–Trinajstić information content (AvgIpc) is 3.19. The van der Waals surface area contributed by atoms with Crippen molar-refractivity contribution in [2.24, 2.45) is 11.8 Å². The SMILES string of the molecule is C=CCNC(=O)[C@H]1CC[C@H](c2cccc(C)c2)N(C(=O)C2CCCC2)C1. The summed E-state index contributed by atoms with van der Waals surface area (Å²) >= 11 is 0. The number of carbonyl (C=O) groups is 2. The lowest BCUT2D eigenvalue weighted by atomic mass is 9.86. The number of aryl methyl sites for hydroxylation is 1. The zero-order valence-electron chi connectivity index (χ0n) is 15.7. The highest BCUT2D eigenvalue weighted by molar-refractivity contribution is 5.83. The van der Waals surface area contributed by atoms with E-state index in [-0.39, 0.29) is 29.7 Å². The van der Waals surface area contributed by atoms with E-state index in [1.807, 2.05) is 4.90 Å².